The second-order valence-electron chi connectivity index (χ2n) is 3.97. The predicted octanol–water partition coefficient (Wildman–Crippen LogP) is 0.509. The summed E-state index contributed by atoms with van der Waals surface area (Å²) in [4.78, 5) is 32.5. The smallest absolute Gasteiger partial charge is 0.358 e. The second kappa shape index (κ2) is 5.83. The molecule has 0 aliphatic carbocycles. The van der Waals surface area contributed by atoms with Crippen LogP contribution < -0.4 is 5.56 Å². The van der Waals surface area contributed by atoms with E-state index in [4.69, 9.17) is 5.11 Å². The molecule has 0 spiro atoms. The minimum atomic E-state index is -1.21. The molecule has 2 aromatic rings. The maximum atomic E-state index is 11.9. The molecule has 0 radical (unpaired) electrons. The Bertz CT molecular complexity index is 767. The number of rotatable bonds is 5. The molecule has 0 amide bonds. The zero-order chi connectivity index (χ0) is 15.6. The third-order valence-electron chi connectivity index (χ3n) is 2.56. The zero-order valence-electron chi connectivity index (χ0n) is 10.3. The molecule has 0 fully saturated rings. The summed E-state index contributed by atoms with van der Waals surface area (Å²) in [6.45, 7) is 0.231. The summed E-state index contributed by atoms with van der Waals surface area (Å²) in [6, 6.07) is 1.12. The van der Waals surface area contributed by atoms with Crippen LogP contribution in [-0.4, -0.2) is 35.6 Å². The van der Waals surface area contributed by atoms with Crippen molar-refractivity contribution in [2.75, 3.05) is 0 Å². The largest absolute Gasteiger partial charge is 0.476 e. The van der Waals surface area contributed by atoms with Crippen LogP contribution in [0.15, 0.2) is 27.7 Å². The average molecular weight is 358 g/mol. The lowest BCUT2D eigenvalue weighted by molar-refractivity contribution is -0.386. The van der Waals surface area contributed by atoms with Gasteiger partial charge in [0, 0.05) is 23.3 Å². The minimum absolute atomic E-state index is 0.0849. The Labute approximate surface area is 124 Å². The van der Waals surface area contributed by atoms with Gasteiger partial charge in [0.05, 0.1) is 17.7 Å². The average Bonchev–Trinajstić information content (AvgIpc) is 2.88. The van der Waals surface area contributed by atoms with Crippen LogP contribution in [0.5, 0.6) is 0 Å². The SMILES string of the molecule is O=C(O)c1cn(CCn2cc(Br)cc([N+](=O)[O-])c2=O)nn1. The van der Waals surface area contributed by atoms with Gasteiger partial charge in [0.2, 0.25) is 0 Å². The van der Waals surface area contributed by atoms with Gasteiger partial charge in [0.25, 0.3) is 0 Å². The molecule has 0 bridgehead atoms. The molecule has 0 aliphatic rings. The van der Waals surface area contributed by atoms with Gasteiger partial charge in [0.1, 0.15) is 0 Å². The van der Waals surface area contributed by atoms with Crippen molar-refractivity contribution in [2.45, 2.75) is 13.1 Å². The highest BCUT2D eigenvalue weighted by molar-refractivity contribution is 9.10. The van der Waals surface area contributed by atoms with E-state index in [0.717, 1.165) is 10.6 Å². The van der Waals surface area contributed by atoms with Crippen molar-refractivity contribution in [2.24, 2.45) is 0 Å². The van der Waals surface area contributed by atoms with Gasteiger partial charge in [-0.15, -0.1) is 5.10 Å². The normalized spacial score (nSPS) is 10.5. The van der Waals surface area contributed by atoms with E-state index in [1.807, 2.05) is 0 Å². The molecule has 1 N–H and O–H groups in total. The zero-order valence-corrected chi connectivity index (χ0v) is 11.9. The van der Waals surface area contributed by atoms with E-state index in [1.165, 1.54) is 17.1 Å². The number of hydrogen-bond acceptors (Lipinski definition) is 6. The van der Waals surface area contributed by atoms with Crippen LogP contribution >= 0.6 is 15.9 Å². The first-order chi connectivity index (χ1) is 9.88. The highest BCUT2D eigenvalue weighted by Gasteiger charge is 2.16. The third kappa shape index (κ3) is 3.31. The summed E-state index contributed by atoms with van der Waals surface area (Å²) in [6.07, 6.45) is 2.62. The molecule has 0 saturated heterocycles. The Morgan fingerprint density at radius 1 is 1.43 bits per heavy atom. The third-order valence-corrected chi connectivity index (χ3v) is 2.99. The lowest BCUT2D eigenvalue weighted by Crippen LogP contribution is -2.24. The van der Waals surface area contributed by atoms with E-state index in [1.54, 1.807) is 0 Å². The number of pyridine rings is 1. The van der Waals surface area contributed by atoms with Crippen LogP contribution in [0.1, 0.15) is 10.5 Å². The maximum Gasteiger partial charge on any atom is 0.358 e. The van der Waals surface area contributed by atoms with Crippen LogP contribution in [-0.2, 0) is 13.1 Å². The number of carboxylic acid groups (broad SMARTS) is 1. The van der Waals surface area contributed by atoms with Crippen molar-refractivity contribution >= 4 is 27.6 Å². The predicted molar refractivity (Wildman–Crippen MR) is 72.0 cm³/mol. The number of carboxylic acids is 1. The second-order valence-corrected chi connectivity index (χ2v) is 4.89. The monoisotopic (exact) mass is 357 g/mol. The summed E-state index contributed by atoms with van der Waals surface area (Å²) < 4.78 is 2.77. The highest BCUT2D eigenvalue weighted by atomic mass is 79.9. The summed E-state index contributed by atoms with van der Waals surface area (Å²) >= 11 is 3.09. The summed E-state index contributed by atoms with van der Waals surface area (Å²) in [5, 5.41) is 26.5. The van der Waals surface area contributed by atoms with Crippen LogP contribution in [0.2, 0.25) is 0 Å². The Kier molecular flexibility index (Phi) is 4.12. The van der Waals surface area contributed by atoms with Crippen LogP contribution in [0, 0.1) is 10.1 Å². The standard InChI is InChI=1S/C10H8BrN5O5/c11-6-3-8(16(20)21)9(17)14(4-6)1-2-15-5-7(10(18)19)12-13-15/h3-5H,1-2H2,(H,18,19). The molecule has 0 aromatic carbocycles. The number of hydrogen-bond donors (Lipinski definition) is 1. The van der Waals surface area contributed by atoms with Gasteiger partial charge < -0.3 is 9.67 Å². The topological polar surface area (TPSA) is 133 Å². The van der Waals surface area contributed by atoms with Gasteiger partial charge >= 0.3 is 17.2 Å². The van der Waals surface area contributed by atoms with Gasteiger partial charge in [-0.3, -0.25) is 14.9 Å². The Hall–Kier alpha value is -2.56. The van der Waals surface area contributed by atoms with Gasteiger partial charge in [-0.2, -0.15) is 0 Å². The Morgan fingerprint density at radius 3 is 2.71 bits per heavy atom. The molecule has 10 nitrogen and oxygen atoms in total. The minimum Gasteiger partial charge on any atom is -0.476 e. The van der Waals surface area contributed by atoms with Gasteiger partial charge in [0.15, 0.2) is 5.69 Å². The van der Waals surface area contributed by atoms with E-state index in [-0.39, 0.29) is 18.8 Å². The molecule has 2 rings (SSSR count). The summed E-state index contributed by atoms with van der Waals surface area (Å²) in [5.74, 6) is -1.21. The fourth-order valence-corrected chi connectivity index (χ4v) is 2.06. The number of aromatic carboxylic acids is 1. The number of halogens is 1. The number of aromatic nitrogens is 4. The van der Waals surface area contributed by atoms with Crippen molar-refractivity contribution in [1.29, 1.82) is 0 Å². The molecule has 0 saturated carbocycles. The molecule has 0 atom stereocenters. The molecule has 110 valence electrons. The van der Waals surface area contributed by atoms with E-state index in [0.29, 0.717) is 4.47 Å². The van der Waals surface area contributed by atoms with Crippen molar-refractivity contribution < 1.29 is 14.8 Å². The van der Waals surface area contributed by atoms with Gasteiger partial charge in [-0.1, -0.05) is 5.21 Å². The number of nitrogens with zero attached hydrogens (tertiary/aromatic N) is 5. The Balaban J connectivity index is 2.21. The van der Waals surface area contributed by atoms with Crippen LogP contribution in [0.25, 0.3) is 0 Å². The van der Waals surface area contributed by atoms with E-state index in [2.05, 4.69) is 26.2 Å². The van der Waals surface area contributed by atoms with Gasteiger partial charge in [-0.05, 0) is 15.9 Å². The first-order valence-corrected chi connectivity index (χ1v) is 6.35. The first-order valence-electron chi connectivity index (χ1n) is 5.56. The van der Waals surface area contributed by atoms with Crippen LogP contribution in [0.3, 0.4) is 0 Å². The molecule has 2 aromatic heterocycles. The summed E-state index contributed by atoms with van der Waals surface area (Å²) in [7, 11) is 0. The molecular weight excluding hydrogens is 350 g/mol. The molecular formula is C10H8BrN5O5. The molecule has 0 unspecified atom stereocenters. The number of nitro groups is 1. The van der Waals surface area contributed by atoms with E-state index in [9.17, 15) is 19.7 Å². The van der Waals surface area contributed by atoms with Crippen molar-refractivity contribution in [3.63, 3.8) is 0 Å². The molecule has 0 aliphatic heterocycles. The first kappa shape index (κ1) is 14.8. The fraction of sp³-hybridized carbons (Fsp3) is 0.200. The highest BCUT2D eigenvalue weighted by Crippen LogP contribution is 2.13. The quantitative estimate of drug-likeness (QED) is 0.608. The maximum absolute atomic E-state index is 11.9. The number of carbonyl (C=O) groups is 1. The molecule has 21 heavy (non-hydrogen) atoms. The lowest BCUT2D eigenvalue weighted by Gasteiger charge is -2.05. The van der Waals surface area contributed by atoms with E-state index < -0.39 is 22.1 Å². The summed E-state index contributed by atoms with van der Waals surface area (Å²) in [5.41, 5.74) is -1.52. The van der Waals surface area contributed by atoms with Crippen molar-refractivity contribution in [3.05, 3.63) is 49.1 Å². The van der Waals surface area contributed by atoms with Crippen LogP contribution in [0.4, 0.5) is 5.69 Å². The molecule has 2 heterocycles. The van der Waals surface area contributed by atoms with E-state index >= 15 is 0 Å². The fourth-order valence-electron chi connectivity index (χ4n) is 1.60. The lowest BCUT2D eigenvalue weighted by atomic mass is 10.4. The van der Waals surface area contributed by atoms with Gasteiger partial charge in [-0.25, -0.2) is 9.48 Å². The van der Waals surface area contributed by atoms with Crippen molar-refractivity contribution in [1.82, 2.24) is 19.6 Å². The van der Waals surface area contributed by atoms with Crippen molar-refractivity contribution in [3.8, 4) is 0 Å². The molecule has 11 heteroatoms. The Morgan fingerprint density at radius 2 is 2.14 bits per heavy atom. The number of aryl methyl sites for hydroxylation is 2.